The first-order chi connectivity index (χ1) is 11.1. The summed E-state index contributed by atoms with van der Waals surface area (Å²) in [7, 11) is 1.30. The second-order valence-corrected chi connectivity index (χ2v) is 5.87. The third-order valence-corrected chi connectivity index (χ3v) is 4.38. The Balaban J connectivity index is 1.94. The van der Waals surface area contributed by atoms with Crippen LogP contribution in [0.5, 0.6) is 0 Å². The van der Waals surface area contributed by atoms with Crippen molar-refractivity contribution in [2.24, 2.45) is 0 Å². The number of anilines is 1. The van der Waals surface area contributed by atoms with E-state index in [1.54, 1.807) is 36.4 Å². The fourth-order valence-electron chi connectivity index (χ4n) is 2.14. The molecule has 2 aromatic rings. The number of halogens is 1. The van der Waals surface area contributed by atoms with Crippen molar-refractivity contribution in [1.29, 1.82) is 0 Å². The summed E-state index contributed by atoms with van der Waals surface area (Å²) in [6.07, 6.45) is 1.51. The Morgan fingerprint density at radius 3 is 2.78 bits per heavy atom. The zero-order valence-electron chi connectivity index (χ0n) is 12.1. The molecule has 1 heterocycles. The standard InChI is InChI=1S/C17H12FNO3S/c1-22-17(21)11-6-7-14-13(8-11)19-16(20)15(23-14)9-10-4-2-3-5-12(10)18/h2-9H,1H3,(H,19,20). The summed E-state index contributed by atoms with van der Waals surface area (Å²) in [5, 5.41) is 2.71. The predicted molar refractivity (Wildman–Crippen MR) is 86.6 cm³/mol. The van der Waals surface area contributed by atoms with Crippen LogP contribution < -0.4 is 5.32 Å². The maximum Gasteiger partial charge on any atom is 0.337 e. The third-order valence-electron chi connectivity index (χ3n) is 3.28. The number of thioether (sulfide) groups is 1. The molecule has 0 aromatic heterocycles. The number of benzene rings is 2. The molecule has 0 aliphatic carbocycles. The summed E-state index contributed by atoms with van der Waals surface area (Å²) < 4.78 is 18.4. The van der Waals surface area contributed by atoms with Gasteiger partial charge in [0.05, 0.1) is 23.3 Å². The molecule has 3 rings (SSSR count). The van der Waals surface area contributed by atoms with Gasteiger partial charge in [-0.05, 0) is 30.3 Å². The first kappa shape index (κ1) is 15.3. The van der Waals surface area contributed by atoms with Crippen molar-refractivity contribution in [2.75, 3.05) is 12.4 Å². The van der Waals surface area contributed by atoms with Gasteiger partial charge in [-0.1, -0.05) is 30.0 Å². The lowest BCUT2D eigenvalue weighted by molar-refractivity contribution is -0.112. The Kier molecular flexibility index (Phi) is 4.16. The normalized spacial score (nSPS) is 15.0. The van der Waals surface area contributed by atoms with E-state index in [-0.39, 0.29) is 11.7 Å². The van der Waals surface area contributed by atoms with Crippen LogP contribution in [0.2, 0.25) is 0 Å². The molecule has 23 heavy (non-hydrogen) atoms. The number of hydrogen-bond acceptors (Lipinski definition) is 4. The van der Waals surface area contributed by atoms with E-state index >= 15 is 0 Å². The number of hydrogen-bond donors (Lipinski definition) is 1. The zero-order chi connectivity index (χ0) is 16.4. The summed E-state index contributed by atoms with van der Waals surface area (Å²) >= 11 is 1.23. The lowest BCUT2D eigenvalue weighted by Gasteiger charge is -2.19. The SMILES string of the molecule is COC(=O)c1ccc2c(c1)NC(=O)C(=Cc1ccccc1F)S2. The molecule has 0 radical (unpaired) electrons. The molecule has 4 nitrogen and oxygen atoms in total. The average molecular weight is 329 g/mol. The van der Waals surface area contributed by atoms with E-state index < -0.39 is 5.97 Å². The van der Waals surface area contributed by atoms with Crippen molar-refractivity contribution in [2.45, 2.75) is 4.90 Å². The quantitative estimate of drug-likeness (QED) is 0.674. The van der Waals surface area contributed by atoms with Crippen LogP contribution in [0.4, 0.5) is 10.1 Å². The van der Waals surface area contributed by atoms with E-state index in [9.17, 15) is 14.0 Å². The minimum absolute atomic E-state index is 0.340. The first-order valence-corrected chi connectivity index (χ1v) is 7.58. The number of rotatable bonds is 2. The second kappa shape index (κ2) is 6.26. The largest absolute Gasteiger partial charge is 0.465 e. The first-order valence-electron chi connectivity index (χ1n) is 6.76. The topological polar surface area (TPSA) is 55.4 Å². The fourth-order valence-corrected chi connectivity index (χ4v) is 3.06. The van der Waals surface area contributed by atoms with Gasteiger partial charge in [-0.25, -0.2) is 9.18 Å². The molecular formula is C17H12FNO3S. The monoisotopic (exact) mass is 329 g/mol. The molecule has 1 N–H and O–H groups in total. The van der Waals surface area contributed by atoms with E-state index in [2.05, 4.69) is 10.1 Å². The van der Waals surface area contributed by atoms with Crippen LogP contribution in [0.1, 0.15) is 15.9 Å². The third kappa shape index (κ3) is 3.12. The van der Waals surface area contributed by atoms with E-state index in [1.807, 2.05) is 0 Å². The van der Waals surface area contributed by atoms with Gasteiger partial charge >= 0.3 is 5.97 Å². The second-order valence-electron chi connectivity index (χ2n) is 4.79. The number of methoxy groups -OCH3 is 1. The highest BCUT2D eigenvalue weighted by Crippen LogP contribution is 2.39. The molecule has 1 amide bonds. The highest BCUT2D eigenvalue weighted by atomic mass is 32.2. The van der Waals surface area contributed by atoms with Crippen LogP contribution in [-0.4, -0.2) is 19.0 Å². The summed E-state index contributed by atoms with van der Waals surface area (Å²) in [6.45, 7) is 0. The van der Waals surface area contributed by atoms with Crippen molar-refractivity contribution >= 4 is 35.4 Å². The van der Waals surface area contributed by atoms with Crippen molar-refractivity contribution in [3.05, 3.63) is 64.3 Å². The van der Waals surface area contributed by atoms with Gasteiger partial charge in [-0.2, -0.15) is 0 Å². The average Bonchev–Trinajstić information content (AvgIpc) is 2.56. The molecule has 6 heteroatoms. The van der Waals surface area contributed by atoms with Gasteiger partial charge in [0.15, 0.2) is 0 Å². The maximum absolute atomic E-state index is 13.7. The summed E-state index contributed by atoms with van der Waals surface area (Å²) in [5.41, 5.74) is 1.24. The highest BCUT2D eigenvalue weighted by molar-refractivity contribution is 8.04. The van der Waals surface area contributed by atoms with Crippen molar-refractivity contribution in [3.63, 3.8) is 0 Å². The number of nitrogens with one attached hydrogen (secondary N) is 1. The van der Waals surface area contributed by atoms with Crippen molar-refractivity contribution < 1.29 is 18.7 Å². The van der Waals surface area contributed by atoms with Crippen LogP contribution in [0.3, 0.4) is 0 Å². The smallest absolute Gasteiger partial charge is 0.337 e. The van der Waals surface area contributed by atoms with Gasteiger partial charge < -0.3 is 10.1 Å². The summed E-state index contributed by atoms with van der Waals surface area (Å²) in [5.74, 6) is -1.20. The van der Waals surface area contributed by atoms with E-state index in [1.165, 1.54) is 31.0 Å². The molecule has 0 spiro atoms. The molecule has 0 fully saturated rings. The Hall–Kier alpha value is -2.60. The van der Waals surface area contributed by atoms with Gasteiger partial charge in [-0.3, -0.25) is 4.79 Å². The highest BCUT2D eigenvalue weighted by Gasteiger charge is 2.22. The van der Waals surface area contributed by atoms with Gasteiger partial charge in [0.2, 0.25) is 0 Å². The fraction of sp³-hybridized carbons (Fsp3) is 0.0588. The summed E-state index contributed by atoms with van der Waals surface area (Å²) in [4.78, 5) is 24.9. The van der Waals surface area contributed by atoms with Gasteiger partial charge in [-0.15, -0.1) is 0 Å². The van der Waals surface area contributed by atoms with E-state index in [0.717, 1.165) is 4.90 Å². The molecule has 2 aromatic carbocycles. The Bertz CT molecular complexity index is 832. The van der Waals surface area contributed by atoms with Crippen LogP contribution in [0, 0.1) is 5.82 Å². The minimum atomic E-state index is -0.472. The minimum Gasteiger partial charge on any atom is -0.465 e. The maximum atomic E-state index is 13.7. The Labute approximate surface area is 136 Å². The molecular weight excluding hydrogens is 317 g/mol. The lowest BCUT2D eigenvalue weighted by Crippen LogP contribution is -2.18. The molecule has 0 saturated heterocycles. The molecule has 0 unspecified atom stereocenters. The molecule has 0 bridgehead atoms. The number of carbonyl (C=O) groups is 2. The zero-order valence-corrected chi connectivity index (χ0v) is 12.9. The van der Waals surface area contributed by atoms with Gasteiger partial charge in [0.25, 0.3) is 5.91 Å². The van der Waals surface area contributed by atoms with Crippen LogP contribution in [0.15, 0.2) is 52.3 Å². The van der Waals surface area contributed by atoms with Crippen molar-refractivity contribution in [1.82, 2.24) is 0 Å². The molecule has 1 aliphatic heterocycles. The van der Waals surface area contributed by atoms with Crippen LogP contribution >= 0.6 is 11.8 Å². The number of carbonyl (C=O) groups excluding carboxylic acids is 2. The Morgan fingerprint density at radius 2 is 2.04 bits per heavy atom. The number of amides is 1. The lowest BCUT2D eigenvalue weighted by atomic mass is 10.2. The number of fused-ring (bicyclic) bond motifs is 1. The van der Waals surface area contributed by atoms with Crippen LogP contribution in [0.25, 0.3) is 6.08 Å². The number of ether oxygens (including phenoxy) is 1. The van der Waals surface area contributed by atoms with Gasteiger partial charge in [0, 0.05) is 10.5 Å². The van der Waals surface area contributed by atoms with E-state index in [0.29, 0.717) is 21.7 Å². The molecule has 0 atom stereocenters. The Morgan fingerprint density at radius 1 is 1.26 bits per heavy atom. The molecule has 0 saturated carbocycles. The van der Waals surface area contributed by atoms with Crippen molar-refractivity contribution in [3.8, 4) is 0 Å². The molecule has 1 aliphatic rings. The van der Waals surface area contributed by atoms with Gasteiger partial charge in [0.1, 0.15) is 5.82 Å². The number of esters is 1. The molecule has 116 valence electrons. The van der Waals surface area contributed by atoms with Crippen LogP contribution in [-0.2, 0) is 9.53 Å². The van der Waals surface area contributed by atoms with E-state index in [4.69, 9.17) is 0 Å². The summed E-state index contributed by atoms with van der Waals surface area (Å²) in [6, 6.07) is 11.1. The predicted octanol–water partition coefficient (Wildman–Crippen LogP) is 3.70.